The van der Waals surface area contributed by atoms with Crippen molar-refractivity contribution in [2.75, 3.05) is 12.3 Å². The Balaban J connectivity index is 1.98. The van der Waals surface area contributed by atoms with Gasteiger partial charge in [-0.15, -0.1) is 0 Å². The van der Waals surface area contributed by atoms with Crippen molar-refractivity contribution in [3.05, 3.63) is 35.9 Å². The molecule has 0 aliphatic carbocycles. The van der Waals surface area contributed by atoms with Crippen LogP contribution in [0.1, 0.15) is 18.9 Å². The van der Waals surface area contributed by atoms with Crippen LogP contribution in [0.25, 0.3) is 0 Å². The Morgan fingerprint density at radius 2 is 2.09 bits per heavy atom. The molecule has 0 aromatic heterocycles. The molecule has 1 amide bonds. The first-order valence-corrected chi connectivity index (χ1v) is 7.95. The Bertz CT molecular complexity index is 522. The van der Waals surface area contributed by atoms with E-state index < -0.39 is 12.0 Å². The average Bonchev–Trinajstić information content (AvgIpc) is 2.97. The molecule has 0 bridgehead atoms. The molecule has 1 aromatic rings. The van der Waals surface area contributed by atoms with Crippen LogP contribution >= 0.6 is 12.6 Å². The van der Waals surface area contributed by atoms with Crippen molar-refractivity contribution in [1.29, 1.82) is 0 Å². The van der Waals surface area contributed by atoms with Crippen LogP contribution in [-0.2, 0) is 20.9 Å². The molecule has 2 rings (SSSR count). The lowest BCUT2D eigenvalue weighted by molar-refractivity contribution is -0.149. The van der Waals surface area contributed by atoms with Crippen molar-refractivity contribution in [3.63, 3.8) is 0 Å². The zero-order valence-electron chi connectivity index (χ0n) is 12.5. The zero-order valence-corrected chi connectivity index (χ0v) is 13.4. The molecule has 3 atom stereocenters. The van der Waals surface area contributed by atoms with Crippen LogP contribution in [-0.4, -0.2) is 46.3 Å². The Morgan fingerprint density at radius 1 is 1.41 bits per heavy atom. The third-order valence-corrected chi connectivity index (χ3v) is 4.40. The summed E-state index contributed by atoms with van der Waals surface area (Å²) in [6, 6.07) is 8.88. The number of carboxylic acid groups (broad SMARTS) is 1. The summed E-state index contributed by atoms with van der Waals surface area (Å²) < 4.78 is 5.79. The van der Waals surface area contributed by atoms with Crippen LogP contribution in [0.15, 0.2) is 30.3 Å². The Hall–Kier alpha value is -1.53. The van der Waals surface area contributed by atoms with E-state index in [1.807, 2.05) is 30.3 Å². The highest BCUT2D eigenvalue weighted by Crippen LogP contribution is 2.24. The lowest BCUT2D eigenvalue weighted by Gasteiger charge is -2.24. The molecule has 1 fully saturated rings. The van der Waals surface area contributed by atoms with Gasteiger partial charge in [0, 0.05) is 24.6 Å². The average molecular weight is 323 g/mol. The monoisotopic (exact) mass is 323 g/mol. The highest BCUT2D eigenvalue weighted by atomic mass is 32.1. The minimum absolute atomic E-state index is 0.173. The number of likely N-dealkylation sites (tertiary alicyclic amines) is 1. The predicted octanol–water partition coefficient (Wildman–Crippen LogP) is 1.82. The van der Waals surface area contributed by atoms with Crippen LogP contribution in [0, 0.1) is 5.92 Å². The van der Waals surface area contributed by atoms with Crippen molar-refractivity contribution < 1.29 is 19.4 Å². The summed E-state index contributed by atoms with van der Waals surface area (Å²) in [5.41, 5.74) is 1.03. The molecule has 5 nitrogen and oxygen atoms in total. The molecule has 0 radical (unpaired) electrons. The summed E-state index contributed by atoms with van der Waals surface area (Å²) in [5, 5.41) is 9.32. The van der Waals surface area contributed by atoms with Crippen LogP contribution in [0.4, 0.5) is 0 Å². The highest BCUT2D eigenvalue weighted by Gasteiger charge is 2.41. The van der Waals surface area contributed by atoms with Gasteiger partial charge in [0.15, 0.2) is 0 Å². The lowest BCUT2D eigenvalue weighted by atomic mass is 10.1. The number of ether oxygens (including phenoxy) is 1. The van der Waals surface area contributed by atoms with Gasteiger partial charge in [-0.3, -0.25) is 4.79 Å². The van der Waals surface area contributed by atoms with E-state index in [0.717, 1.165) is 5.56 Å². The smallest absolute Gasteiger partial charge is 0.326 e. The van der Waals surface area contributed by atoms with Gasteiger partial charge in [0.05, 0.1) is 12.7 Å². The van der Waals surface area contributed by atoms with Crippen molar-refractivity contribution in [1.82, 2.24) is 4.90 Å². The summed E-state index contributed by atoms with van der Waals surface area (Å²) in [6.45, 7) is 2.50. The number of benzene rings is 1. The van der Waals surface area contributed by atoms with Crippen LogP contribution < -0.4 is 0 Å². The maximum absolute atomic E-state index is 12.3. The number of aliphatic carboxylic acids is 1. The number of carboxylic acids is 1. The minimum atomic E-state index is -0.981. The molecule has 1 saturated heterocycles. The first-order chi connectivity index (χ1) is 10.5. The fourth-order valence-electron chi connectivity index (χ4n) is 2.55. The number of thiol groups is 1. The number of rotatable bonds is 6. The summed E-state index contributed by atoms with van der Waals surface area (Å²) >= 11 is 4.11. The maximum atomic E-state index is 12.3. The van der Waals surface area contributed by atoms with E-state index in [-0.39, 0.29) is 17.9 Å². The second-order valence-electron chi connectivity index (χ2n) is 5.58. The van der Waals surface area contributed by atoms with E-state index in [0.29, 0.717) is 25.3 Å². The van der Waals surface area contributed by atoms with Gasteiger partial charge in [-0.2, -0.15) is 12.6 Å². The third kappa shape index (κ3) is 4.01. The zero-order chi connectivity index (χ0) is 16.1. The van der Waals surface area contributed by atoms with E-state index >= 15 is 0 Å². The second kappa shape index (κ2) is 7.65. The molecule has 1 aliphatic rings. The molecule has 1 aromatic carbocycles. The summed E-state index contributed by atoms with van der Waals surface area (Å²) in [6.07, 6.45) is 0.0742. The van der Waals surface area contributed by atoms with Crippen molar-refractivity contribution in [2.45, 2.75) is 32.1 Å². The molecule has 6 heteroatoms. The molecule has 0 saturated carbocycles. The van der Waals surface area contributed by atoms with Gasteiger partial charge in [0.25, 0.3) is 0 Å². The highest BCUT2D eigenvalue weighted by molar-refractivity contribution is 7.80. The number of nitrogens with zero attached hydrogens (tertiary/aromatic N) is 1. The maximum Gasteiger partial charge on any atom is 0.326 e. The van der Waals surface area contributed by atoms with Gasteiger partial charge < -0.3 is 14.7 Å². The molecular formula is C16H21NO4S. The number of carbonyl (C=O) groups is 2. The molecule has 120 valence electrons. The lowest BCUT2D eigenvalue weighted by Crippen LogP contribution is -2.43. The fraction of sp³-hybridized carbons (Fsp3) is 0.500. The topological polar surface area (TPSA) is 66.8 Å². The summed E-state index contributed by atoms with van der Waals surface area (Å²) in [5.74, 6) is -1.05. The van der Waals surface area contributed by atoms with Gasteiger partial charge >= 0.3 is 5.97 Å². The number of hydrogen-bond donors (Lipinski definition) is 2. The molecule has 22 heavy (non-hydrogen) atoms. The normalized spacial score (nSPS) is 22.5. The van der Waals surface area contributed by atoms with Gasteiger partial charge in [0.2, 0.25) is 5.91 Å². The first-order valence-electron chi connectivity index (χ1n) is 7.32. The van der Waals surface area contributed by atoms with Gasteiger partial charge in [-0.05, 0) is 5.56 Å². The van der Waals surface area contributed by atoms with E-state index in [1.54, 1.807) is 6.92 Å². The van der Waals surface area contributed by atoms with Crippen LogP contribution in [0.2, 0.25) is 0 Å². The van der Waals surface area contributed by atoms with Crippen molar-refractivity contribution in [3.8, 4) is 0 Å². The van der Waals surface area contributed by atoms with Crippen molar-refractivity contribution in [2.24, 2.45) is 5.92 Å². The third-order valence-electron chi connectivity index (χ3n) is 3.85. The Kier molecular flexibility index (Phi) is 5.85. The molecule has 1 unspecified atom stereocenters. The minimum Gasteiger partial charge on any atom is -0.480 e. The van der Waals surface area contributed by atoms with E-state index in [9.17, 15) is 14.7 Å². The van der Waals surface area contributed by atoms with Crippen LogP contribution in [0.5, 0.6) is 0 Å². The van der Waals surface area contributed by atoms with Crippen LogP contribution in [0.3, 0.4) is 0 Å². The van der Waals surface area contributed by atoms with Gasteiger partial charge in [-0.1, -0.05) is 37.3 Å². The van der Waals surface area contributed by atoms with E-state index in [4.69, 9.17) is 4.74 Å². The molecule has 1 N–H and O–H groups in total. The fourth-order valence-corrected chi connectivity index (χ4v) is 2.70. The number of amides is 1. The van der Waals surface area contributed by atoms with Crippen molar-refractivity contribution >= 4 is 24.5 Å². The molecule has 1 heterocycles. The first kappa shape index (κ1) is 16.8. The second-order valence-corrected chi connectivity index (χ2v) is 5.95. The quantitative estimate of drug-likeness (QED) is 0.784. The standard InChI is InChI=1S/C16H21NO4S/c1-11(10-22)15(18)17-8-13(7-14(17)16(19)20)21-9-12-5-3-2-4-6-12/h2-6,11,13-14,22H,7-10H2,1H3,(H,19,20)/t11?,13-,14-/m0/s1. The largest absolute Gasteiger partial charge is 0.480 e. The van der Waals surface area contributed by atoms with Gasteiger partial charge in [-0.25, -0.2) is 4.79 Å². The number of hydrogen-bond acceptors (Lipinski definition) is 4. The van der Waals surface area contributed by atoms with E-state index in [1.165, 1.54) is 4.90 Å². The number of carbonyl (C=O) groups excluding carboxylic acids is 1. The van der Waals surface area contributed by atoms with Gasteiger partial charge in [0.1, 0.15) is 6.04 Å². The predicted molar refractivity (Wildman–Crippen MR) is 85.8 cm³/mol. The Morgan fingerprint density at radius 3 is 2.68 bits per heavy atom. The summed E-state index contributed by atoms with van der Waals surface area (Å²) in [4.78, 5) is 25.1. The Labute approximate surface area is 135 Å². The van der Waals surface area contributed by atoms with E-state index in [2.05, 4.69) is 12.6 Å². The molecule has 1 aliphatic heterocycles. The summed E-state index contributed by atoms with van der Waals surface area (Å²) in [7, 11) is 0. The molecule has 0 spiro atoms. The SMILES string of the molecule is CC(CS)C(=O)N1C[C@@H](OCc2ccccc2)C[C@H]1C(=O)O. The molecular weight excluding hydrogens is 302 g/mol.